The van der Waals surface area contributed by atoms with E-state index in [0.717, 1.165) is 24.0 Å². The Morgan fingerprint density at radius 1 is 0.833 bits per heavy atom. The fourth-order valence-electron chi connectivity index (χ4n) is 5.23. The minimum Gasteiger partial charge on any atom is -0.384 e. The molecule has 3 heteroatoms. The Kier molecular flexibility index (Phi) is 6.03. The maximum absolute atomic E-state index is 13.7. The summed E-state index contributed by atoms with van der Waals surface area (Å²) in [5.74, 6) is -0.414. The number of benzene rings is 3. The quantitative estimate of drug-likeness (QED) is 0.535. The zero-order valence-electron chi connectivity index (χ0n) is 17.6. The van der Waals surface area contributed by atoms with Crippen molar-refractivity contribution in [2.75, 3.05) is 0 Å². The van der Waals surface area contributed by atoms with Gasteiger partial charge in [-0.2, -0.15) is 0 Å². The van der Waals surface area contributed by atoms with Crippen molar-refractivity contribution in [3.63, 3.8) is 0 Å². The third-order valence-electron chi connectivity index (χ3n) is 6.74. The maximum Gasteiger partial charge on any atom is 0.123 e. The van der Waals surface area contributed by atoms with E-state index in [1.54, 1.807) is 12.1 Å². The van der Waals surface area contributed by atoms with E-state index >= 15 is 0 Å². The van der Waals surface area contributed by atoms with Gasteiger partial charge in [0.05, 0.1) is 5.60 Å². The van der Waals surface area contributed by atoms with Crippen LogP contribution in [0.25, 0.3) is 0 Å². The number of hydrogen-bond acceptors (Lipinski definition) is 2. The zero-order valence-corrected chi connectivity index (χ0v) is 17.6. The third-order valence-corrected chi connectivity index (χ3v) is 6.74. The predicted octanol–water partition coefficient (Wildman–Crippen LogP) is 6.15. The highest BCUT2D eigenvalue weighted by Crippen LogP contribution is 2.53. The molecule has 1 fully saturated rings. The molecule has 1 aliphatic heterocycles. The van der Waals surface area contributed by atoms with Crippen molar-refractivity contribution < 1.29 is 9.50 Å². The highest BCUT2D eigenvalue weighted by molar-refractivity contribution is 5.33. The van der Waals surface area contributed by atoms with E-state index in [-0.39, 0.29) is 29.7 Å². The first kappa shape index (κ1) is 20.8. The predicted molar refractivity (Wildman–Crippen MR) is 119 cm³/mol. The van der Waals surface area contributed by atoms with Gasteiger partial charge in [-0.15, -0.1) is 0 Å². The molecule has 3 aromatic carbocycles. The van der Waals surface area contributed by atoms with Crippen LogP contribution in [0.5, 0.6) is 0 Å². The van der Waals surface area contributed by atoms with Gasteiger partial charge >= 0.3 is 0 Å². The molecule has 0 aromatic heterocycles. The van der Waals surface area contributed by atoms with E-state index in [1.807, 2.05) is 36.4 Å². The van der Waals surface area contributed by atoms with Gasteiger partial charge in [0, 0.05) is 23.9 Å². The third kappa shape index (κ3) is 3.68. The van der Waals surface area contributed by atoms with Gasteiger partial charge in [0.2, 0.25) is 0 Å². The second kappa shape index (κ2) is 8.71. The average molecular weight is 404 g/mol. The van der Waals surface area contributed by atoms with Crippen LogP contribution in [0.2, 0.25) is 0 Å². The second-order valence-electron chi connectivity index (χ2n) is 8.46. The van der Waals surface area contributed by atoms with Gasteiger partial charge in [-0.1, -0.05) is 93.1 Å². The van der Waals surface area contributed by atoms with Crippen molar-refractivity contribution in [1.82, 2.24) is 5.32 Å². The van der Waals surface area contributed by atoms with Crippen molar-refractivity contribution >= 4 is 0 Å². The summed E-state index contributed by atoms with van der Waals surface area (Å²) in [7, 11) is 0. The standard InChI is InChI=1S/C27H30FNO/c1-3-10-24-26(21-13-8-5-9-14-21)29-25(20-11-6-4-7-12-20)19(2)27(24,30)22-15-17-23(28)18-16-22/h4-9,11-19,24-26,29-30H,3,10H2,1-2H3/t19-,24-,25-,26+,27+/m0/s1. The highest BCUT2D eigenvalue weighted by atomic mass is 19.1. The molecule has 30 heavy (non-hydrogen) atoms. The molecule has 1 heterocycles. The topological polar surface area (TPSA) is 32.3 Å². The fraction of sp³-hybridized carbons (Fsp3) is 0.333. The van der Waals surface area contributed by atoms with Crippen molar-refractivity contribution in [3.8, 4) is 0 Å². The lowest BCUT2D eigenvalue weighted by atomic mass is 9.61. The Morgan fingerprint density at radius 2 is 1.37 bits per heavy atom. The van der Waals surface area contributed by atoms with Gasteiger partial charge in [0.25, 0.3) is 0 Å². The van der Waals surface area contributed by atoms with E-state index in [9.17, 15) is 9.50 Å². The molecular formula is C27H30FNO. The van der Waals surface area contributed by atoms with Gasteiger partial charge in [-0.05, 0) is 35.2 Å². The lowest BCUT2D eigenvalue weighted by Gasteiger charge is -2.53. The Hall–Kier alpha value is -2.49. The molecular weight excluding hydrogens is 373 g/mol. The fourth-order valence-corrected chi connectivity index (χ4v) is 5.23. The molecule has 156 valence electrons. The number of rotatable bonds is 5. The molecule has 0 aliphatic carbocycles. The molecule has 1 saturated heterocycles. The minimum absolute atomic E-state index is 0.0115. The molecule has 0 spiro atoms. The van der Waals surface area contributed by atoms with Crippen molar-refractivity contribution in [3.05, 3.63) is 107 Å². The van der Waals surface area contributed by atoms with Gasteiger partial charge in [0.15, 0.2) is 0 Å². The van der Waals surface area contributed by atoms with Gasteiger partial charge in [-0.3, -0.25) is 0 Å². The summed E-state index contributed by atoms with van der Waals surface area (Å²) < 4.78 is 13.7. The molecule has 0 radical (unpaired) electrons. The normalized spacial score (nSPS) is 28.9. The van der Waals surface area contributed by atoms with Crippen LogP contribution in [-0.2, 0) is 5.60 Å². The monoisotopic (exact) mass is 403 g/mol. The van der Waals surface area contributed by atoms with E-state index in [2.05, 4.69) is 43.4 Å². The van der Waals surface area contributed by atoms with E-state index < -0.39 is 5.60 Å². The number of hydrogen-bond donors (Lipinski definition) is 2. The van der Waals surface area contributed by atoms with Crippen LogP contribution in [0.1, 0.15) is 55.5 Å². The van der Waals surface area contributed by atoms with Crippen molar-refractivity contribution in [1.29, 1.82) is 0 Å². The molecule has 5 atom stereocenters. The van der Waals surface area contributed by atoms with Crippen LogP contribution < -0.4 is 5.32 Å². The summed E-state index contributed by atoms with van der Waals surface area (Å²) in [5.41, 5.74) is 2.03. The number of piperidine rings is 1. The molecule has 2 nitrogen and oxygen atoms in total. The lowest BCUT2D eigenvalue weighted by Crippen LogP contribution is -2.56. The van der Waals surface area contributed by atoms with Gasteiger partial charge < -0.3 is 10.4 Å². The second-order valence-corrected chi connectivity index (χ2v) is 8.46. The Bertz CT molecular complexity index is 944. The first-order valence-corrected chi connectivity index (χ1v) is 10.9. The van der Waals surface area contributed by atoms with E-state index in [0.29, 0.717) is 0 Å². The summed E-state index contributed by atoms with van der Waals surface area (Å²) in [5, 5.41) is 16.3. The lowest BCUT2D eigenvalue weighted by molar-refractivity contribution is -0.127. The van der Waals surface area contributed by atoms with Gasteiger partial charge in [0.1, 0.15) is 5.82 Å². The molecule has 1 aliphatic rings. The van der Waals surface area contributed by atoms with Crippen LogP contribution in [0.4, 0.5) is 4.39 Å². The van der Waals surface area contributed by atoms with Crippen LogP contribution >= 0.6 is 0 Å². The smallest absolute Gasteiger partial charge is 0.123 e. The van der Waals surface area contributed by atoms with Crippen molar-refractivity contribution in [2.45, 2.75) is 44.4 Å². The van der Waals surface area contributed by atoms with Crippen LogP contribution in [-0.4, -0.2) is 5.11 Å². The van der Waals surface area contributed by atoms with E-state index in [4.69, 9.17) is 0 Å². The van der Waals surface area contributed by atoms with E-state index in [1.165, 1.54) is 17.7 Å². The SMILES string of the molecule is CCC[C@H]1[C@@H](c2ccccc2)N[C@H](c2ccccc2)[C@H](C)[C@@]1(O)c1ccc(F)cc1. The number of aliphatic hydroxyl groups is 1. The Labute approximate surface area is 178 Å². The molecule has 0 amide bonds. The number of nitrogens with one attached hydrogen (secondary N) is 1. The molecule has 0 saturated carbocycles. The van der Waals surface area contributed by atoms with Crippen LogP contribution in [0.15, 0.2) is 84.9 Å². The zero-order chi connectivity index (χ0) is 21.1. The Balaban J connectivity index is 1.88. The van der Waals surface area contributed by atoms with Crippen LogP contribution in [0, 0.1) is 17.7 Å². The van der Waals surface area contributed by atoms with Crippen LogP contribution in [0.3, 0.4) is 0 Å². The van der Waals surface area contributed by atoms with Crippen molar-refractivity contribution in [2.24, 2.45) is 11.8 Å². The minimum atomic E-state index is -1.09. The molecule has 4 rings (SSSR count). The number of halogens is 1. The molecule has 2 N–H and O–H groups in total. The van der Waals surface area contributed by atoms with Gasteiger partial charge in [-0.25, -0.2) is 4.39 Å². The summed E-state index contributed by atoms with van der Waals surface area (Å²) in [4.78, 5) is 0. The highest BCUT2D eigenvalue weighted by Gasteiger charge is 2.53. The molecule has 0 bridgehead atoms. The summed E-state index contributed by atoms with van der Waals surface area (Å²) in [6.45, 7) is 4.26. The summed E-state index contributed by atoms with van der Waals surface area (Å²) in [6, 6.07) is 27.1. The molecule has 0 unspecified atom stereocenters. The maximum atomic E-state index is 13.7. The first-order valence-electron chi connectivity index (χ1n) is 10.9. The average Bonchev–Trinajstić information content (AvgIpc) is 2.79. The molecule has 3 aromatic rings. The Morgan fingerprint density at radius 3 is 1.90 bits per heavy atom. The largest absolute Gasteiger partial charge is 0.384 e. The summed E-state index contributed by atoms with van der Waals surface area (Å²) >= 11 is 0. The summed E-state index contributed by atoms with van der Waals surface area (Å²) in [6.07, 6.45) is 1.83. The first-order chi connectivity index (χ1) is 14.6.